The van der Waals surface area contributed by atoms with Crippen molar-refractivity contribution in [3.05, 3.63) is 76.9 Å². The van der Waals surface area contributed by atoms with E-state index in [-0.39, 0.29) is 30.6 Å². The minimum Gasteiger partial charge on any atom is -0.502 e. The molecule has 2 aliphatic heterocycles. The van der Waals surface area contributed by atoms with E-state index < -0.39 is 35.8 Å². The van der Waals surface area contributed by atoms with Gasteiger partial charge in [-0.15, -0.1) is 0 Å². The van der Waals surface area contributed by atoms with Gasteiger partial charge in [-0.2, -0.15) is 0 Å². The Morgan fingerprint density at radius 1 is 0.919 bits per heavy atom. The maximum absolute atomic E-state index is 13.2. The fourth-order valence-corrected chi connectivity index (χ4v) is 5.51. The van der Waals surface area contributed by atoms with E-state index in [1.165, 1.54) is 14.2 Å². The number of hydrogen-bond acceptors (Lipinski definition) is 9. The maximum Gasteiger partial charge on any atom is 0.338 e. The molecule has 4 atom stereocenters. The molecule has 1 N–H and O–H groups in total. The summed E-state index contributed by atoms with van der Waals surface area (Å²) in [7, 11) is 2.88. The predicted octanol–water partition coefficient (Wildman–Crippen LogP) is 3.97. The van der Waals surface area contributed by atoms with E-state index >= 15 is 0 Å². The van der Waals surface area contributed by atoms with Crippen LogP contribution in [0.25, 0.3) is 0 Å². The van der Waals surface area contributed by atoms with Crippen LogP contribution in [-0.2, 0) is 14.3 Å². The van der Waals surface area contributed by atoms with Gasteiger partial charge in [-0.3, -0.25) is 4.79 Å². The van der Waals surface area contributed by atoms with Crippen molar-refractivity contribution in [2.45, 2.75) is 12.0 Å². The van der Waals surface area contributed by atoms with E-state index in [1.807, 2.05) is 18.2 Å². The molecule has 1 aliphatic carbocycles. The number of ether oxygens (including phenoxy) is 6. The summed E-state index contributed by atoms with van der Waals surface area (Å²) in [6.07, 6.45) is -0.759. The van der Waals surface area contributed by atoms with Gasteiger partial charge in [0, 0.05) is 17.4 Å². The number of cyclic esters (lactones) is 1. The molecule has 6 rings (SSSR count). The summed E-state index contributed by atoms with van der Waals surface area (Å²) in [5.74, 6) is -1.21. The lowest BCUT2D eigenvalue weighted by Gasteiger charge is -2.38. The first-order valence-corrected chi connectivity index (χ1v) is 11.8. The van der Waals surface area contributed by atoms with Crippen LogP contribution in [0.3, 0.4) is 0 Å². The van der Waals surface area contributed by atoms with Crippen LogP contribution in [0.15, 0.2) is 54.6 Å². The molecule has 0 radical (unpaired) electrons. The average Bonchev–Trinajstić information content (AvgIpc) is 3.54. The quantitative estimate of drug-likeness (QED) is 0.516. The first-order chi connectivity index (χ1) is 18.0. The third kappa shape index (κ3) is 3.69. The molecule has 1 fully saturated rings. The number of aromatic hydroxyl groups is 1. The SMILES string of the molecule is COc1cc(C2c3cc4c(cc3C(OC(=O)c3ccccc3)C3COC(=O)C23)OCO4)cc(OC)c1O. The Balaban J connectivity index is 1.53. The van der Waals surface area contributed by atoms with Gasteiger partial charge < -0.3 is 33.5 Å². The molecule has 0 aromatic heterocycles. The lowest BCUT2D eigenvalue weighted by molar-refractivity contribution is -0.141. The van der Waals surface area contributed by atoms with E-state index in [2.05, 4.69) is 0 Å². The standard InChI is InChI=1S/C28H24O9/c1-32-21-8-15(9-22(33-2)25(21)29)23-16-10-19-20(36-13-35-19)11-17(16)26(18-12-34-28(31)24(18)23)37-27(30)14-6-4-3-5-7-14/h3-11,18,23-24,26,29H,12-13H2,1-2H3. The number of methoxy groups -OCH3 is 2. The first-order valence-electron chi connectivity index (χ1n) is 11.8. The zero-order valence-corrected chi connectivity index (χ0v) is 20.1. The second kappa shape index (κ2) is 8.92. The molecule has 2 heterocycles. The van der Waals surface area contributed by atoms with E-state index in [0.29, 0.717) is 28.2 Å². The molecule has 9 heteroatoms. The second-order valence-corrected chi connectivity index (χ2v) is 9.10. The van der Waals surface area contributed by atoms with Crippen LogP contribution in [0.5, 0.6) is 28.7 Å². The lowest BCUT2D eigenvalue weighted by atomic mass is 9.66. The van der Waals surface area contributed by atoms with Crippen LogP contribution >= 0.6 is 0 Å². The van der Waals surface area contributed by atoms with Gasteiger partial charge >= 0.3 is 11.9 Å². The van der Waals surface area contributed by atoms with Gasteiger partial charge in [0.05, 0.1) is 32.3 Å². The predicted molar refractivity (Wildman–Crippen MR) is 128 cm³/mol. The molecule has 0 saturated carbocycles. The van der Waals surface area contributed by atoms with Crippen LogP contribution < -0.4 is 18.9 Å². The number of esters is 2. The Kier molecular flexibility index (Phi) is 5.55. The molecule has 190 valence electrons. The molecule has 37 heavy (non-hydrogen) atoms. The molecule has 4 unspecified atom stereocenters. The molecule has 3 aromatic rings. The number of carbonyl (C=O) groups is 2. The Hall–Kier alpha value is -4.40. The van der Waals surface area contributed by atoms with Crippen LogP contribution in [0.1, 0.15) is 39.1 Å². The van der Waals surface area contributed by atoms with Crippen molar-refractivity contribution in [1.29, 1.82) is 0 Å². The Morgan fingerprint density at radius 2 is 1.57 bits per heavy atom. The highest BCUT2D eigenvalue weighted by Crippen LogP contribution is 2.56. The summed E-state index contributed by atoms with van der Waals surface area (Å²) >= 11 is 0. The molecular weight excluding hydrogens is 480 g/mol. The van der Waals surface area contributed by atoms with Gasteiger partial charge in [-0.05, 0) is 47.5 Å². The lowest BCUT2D eigenvalue weighted by Crippen LogP contribution is -2.36. The molecule has 9 nitrogen and oxygen atoms in total. The van der Waals surface area contributed by atoms with Gasteiger partial charge in [0.25, 0.3) is 0 Å². The number of benzene rings is 3. The van der Waals surface area contributed by atoms with Gasteiger partial charge in [0.2, 0.25) is 12.5 Å². The van der Waals surface area contributed by atoms with Crippen LogP contribution in [-0.4, -0.2) is 44.7 Å². The molecule has 3 aromatic carbocycles. The highest BCUT2D eigenvalue weighted by molar-refractivity contribution is 5.89. The van der Waals surface area contributed by atoms with Crippen molar-refractivity contribution in [3.63, 3.8) is 0 Å². The van der Waals surface area contributed by atoms with Crippen LogP contribution in [0, 0.1) is 11.8 Å². The minimum atomic E-state index is -0.759. The smallest absolute Gasteiger partial charge is 0.338 e. The summed E-state index contributed by atoms with van der Waals surface area (Å²) in [6, 6.07) is 15.7. The molecule has 0 spiro atoms. The minimum absolute atomic E-state index is 0.0626. The largest absolute Gasteiger partial charge is 0.502 e. The van der Waals surface area contributed by atoms with Crippen molar-refractivity contribution in [2.24, 2.45) is 11.8 Å². The monoisotopic (exact) mass is 504 g/mol. The molecular formula is C28H24O9. The highest BCUT2D eigenvalue weighted by atomic mass is 16.7. The zero-order chi connectivity index (χ0) is 25.7. The van der Waals surface area contributed by atoms with Crippen molar-refractivity contribution >= 4 is 11.9 Å². The summed E-state index contributed by atoms with van der Waals surface area (Å²) in [6.45, 7) is 0.153. The third-order valence-electron chi connectivity index (χ3n) is 7.22. The fourth-order valence-electron chi connectivity index (χ4n) is 5.51. The van der Waals surface area contributed by atoms with E-state index in [4.69, 9.17) is 28.4 Å². The molecule has 0 amide bonds. The van der Waals surface area contributed by atoms with Gasteiger partial charge in [-0.25, -0.2) is 4.79 Å². The molecule has 1 saturated heterocycles. The number of hydrogen-bond donors (Lipinski definition) is 1. The van der Waals surface area contributed by atoms with Crippen molar-refractivity contribution in [3.8, 4) is 28.7 Å². The van der Waals surface area contributed by atoms with Gasteiger partial charge in [0.15, 0.2) is 23.0 Å². The van der Waals surface area contributed by atoms with Crippen molar-refractivity contribution < 1.29 is 43.1 Å². The van der Waals surface area contributed by atoms with Gasteiger partial charge in [-0.1, -0.05) is 18.2 Å². The summed E-state index contributed by atoms with van der Waals surface area (Å²) in [5.41, 5.74) is 2.50. The highest BCUT2D eigenvalue weighted by Gasteiger charge is 2.54. The fraction of sp³-hybridized carbons (Fsp3) is 0.286. The van der Waals surface area contributed by atoms with Crippen LogP contribution in [0.2, 0.25) is 0 Å². The second-order valence-electron chi connectivity index (χ2n) is 9.10. The van der Waals surface area contributed by atoms with E-state index in [0.717, 1.165) is 5.56 Å². The van der Waals surface area contributed by atoms with Crippen LogP contribution in [0.4, 0.5) is 0 Å². The Labute approximate surface area is 212 Å². The maximum atomic E-state index is 13.2. The Bertz CT molecular complexity index is 1360. The number of phenolic OH excluding ortho intramolecular Hbond substituents is 1. The topological polar surface area (TPSA) is 110 Å². The first kappa shape index (κ1) is 23.0. The molecule has 3 aliphatic rings. The Morgan fingerprint density at radius 3 is 2.22 bits per heavy atom. The van der Waals surface area contributed by atoms with Crippen molar-refractivity contribution in [1.82, 2.24) is 0 Å². The summed E-state index contributed by atoms with van der Waals surface area (Å²) < 4.78 is 33.6. The van der Waals surface area contributed by atoms with Gasteiger partial charge in [0.1, 0.15) is 6.10 Å². The average molecular weight is 504 g/mol. The molecule has 0 bridgehead atoms. The third-order valence-corrected chi connectivity index (χ3v) is 7.22. The van der Waals surface area contributed by atoms with E-state index in [9.17, 15) is 14.7 Å². The number of carbonyl (C=O) groups excluding carboxylic acids is 2. The number of fused-ring (bicyclic) bond motifs is 3. The van der Waals surface area contributed by atoms with Crippen molar-refractivity contribution in [2.75, 3.05) is 27.6 Å². The zero-order valence-electron chi connectivity index (χ0n) is 20.1. The number of rotatable bonds is 5. The normalized spacial score (nSPS) is 23.0. The number of phenols is 1. The summed E-state index contributed by atoms with van der Waals surface area (Å²) in [5, 5.41) is 10.5. The van der Waals surface area contributed by atoms with E-state index in [1.54, 1.807) is 36.4 Å². The summed E-state index contributed by atoms with van der Waals surface area (Å²) in [4.78, 5) is 26.3.